The number of hydrogen-bond acceptors (Lipinski definition) is 2. The summed E-state index contributed by atoms with van der Waals surface area (Å²) in [6, 6.07) is 6.71. The van der Waals surface area contributed by atoms with Crippen LogP contribution in [0, 0.1) is 5.82 Å². The van der Waals surface area contributed by atoms with Crippen LogP contribution in [0.5, 0.6) is 0 Å². The molecule has 2 aliphatic rings. The van der Waals surface area contributed by atoms with Gasteiger partial charge < -0.3 is 9.80 Å². The second-order valence-corrected chi connectivity index (χ2v) is 6.72. The minimum absolute atomic E-state index is 0.00732. The van der Waals surface area contributed by atoms with E-state index in [4.69, 9.17) is 0 Å². The third-order valence-corrected chi connectivity index (χ3v) is 5.29. The van der Waals surface area contributed by atoms with Gasteiger partial charge in [-0.2, -0.15) is 0 Å². The molecule has 4 nitrogen and oxygen atoms in total. The van der Waals surface area contributed by atoms with Gasteiger partial charge in [-0.05, 0) is 25.3 Å². The lowest BCUT2D eigenvalue weighted by Gasteiger charge is -2.37. The van der Waals surface area contributed by atoms with Crippen molar-refractivity contribution in [3.05, 3.63) is 35.6 Å². The van der Waals surface area contributed by atoms with E-state index in [9.17, 15) is 14.0 Å². The van der Waals surface area contributed by atoms with E-state index < -0.39 is 0 Å². The Morgan fingerprint density at radius 2 is 2.00 bits per heavy atom. The number of nitrogens with zero attached hydrogens (tertiary/aromatic N) is 2. The molecule has 1 aromatic rings. The highest BCUT2D eigenvalue weighted by Crippen LogP contribution is 2.31. The fraction of sp³-hybridized carbons (Fsp3) is 0.579. The summed E-state index contributed by atoms with van der Waals surface area (Å²) in [4.78, 5) is 28.7. The first-order valence-electron chi connectivity index (χ1n) is 8.94. The first-order chi connectivity index (χ1) is 11.6. The maximum atomic E-state index is 14.1. The molecule has 2 heterocycles. The van der Waals surface area contributed by atoms with Crippen molar-refractivity contribution >= 4 is 11.8 Å². The van der Waals surface area contributed by atoms with Crippen molar-refractivity contribution in [2.24, 2.45) is 0 Å². The van der Waals surface area contributed by atoms with Crippen molar-refractivity contribution in [1.29, 1.82) is 0 Å². The smallest absolute Gasteiger partial charge is 0.223 e. The Kier molecular flexibility index (Phi) is 5.17. The Labute approximate surface area is 142 Å². The van der Waals surface area contributed by atoms with Gasteiger partial charge >= 0.3 is 0 Å². The molecule has 2 atom stereocenters. The summed E-state index contributed by atoms with van der Waals surface area (Å²) >= 11 is 0. The van der Waals surface area contributed by atoms with Crippen LogP contribution < -0.4 is 0 Å². The second kappa shape index (κ2) is 7.32. The molecule has 3 rings (SSSR count). The molecule has 0 unspecified atom stereocenters. The van der Waals surface area contributed by atoms with Crippen molar-refractivity contribution in [2.75, 3.05) is 6.54 Å². The molecule has 130 valence electrons. The number of amides is 2. The van der Waals surface area contributed by atoms with Crippen LogP contribution in [0.4, 0.5) is 4.39 Å². The Bertz CT molecular complexity index is 619. The first kappa shape index (κ1) is 16.9. The molecule has 2 fully saturated rings. The maximum Gasteiger partial charge on any atom is 0.223 e. The van der Waals surface area contributed by atoms with Crippen LogP contribution >= 0.6 is 0 Å². The zero-order chi connectivity index (χ0) is 17.1. The Balaban J connectivity index is 1.86. The lowest BCUT2D eigenvalue weighted by atomic mass is 9.96. The summed E-state index contributed by atoms with van der Waals surface area (Å²) in [5.41, 5.74) is 0.547. The molecular formula is C19H25FN2O2. The third kappa shape index (κ3) is 3.30. The van der Waals surface area contributed by atoms with Crippen LogP contribution in [0.15, 0.2) is 24.3 Å². The summed E-state index contributed by atoms with van der Waals surface area (Å²) in [6.07, 6.45) is 4.52. The van der Waals surface area contributed by atoms with Crippen LogP contribution in [0.2, 0.25) is 0 Å². The zero-order valence-electron chi connectivity index (χ0n) is 14.2. The molecule has 0 radical (unpaired) electrons. The minimum atomic E-state index is -0.275. The molecular weight excluding hydrogens is 307 g/mol. The number of carbonyl (C=O) groups excluding carboxylic acids is 2. The molecule has 0 aromatic heterocycles. The number of carbonyl (C=O) groups is 2. The van der Waals surface area contributed by atoms with Crippen LogP contribution in [0.1, 0.15) is 51.0 Å². The van der Waals surface area contributed by atoms with E-state index in [1.165, 1.54) is 6.07 Å². The van der Waals surface area contributed by atoms with E-state index in [-0.39, 0.29) is 29.7 Å². The van der Waals surface area contributed by atoms with Crippen molar-refractivity contribution in [3.63, 3.8) is 0 Å². The lowest BCUT2D eigenvalue weighted by Crippen LogP contribution is -2.49. The van der Waals surface area contributed by atoms with E-state index in [2.05, 4.69) is 0 Å². The lowest BCUT2D eigenvalue weighted by molar-refractivity contribution is -0.139. The van der Waals surface area contributed by atoms with Gasteiger partial charge in [0, 0.05) is 31.5 Å². The maximum absolute atomic E-state index is 14.1. The topological polar surface area (TPSA) is 40.6 Å². The van der Waals surface area contributed by atoms with Gasteiger partial charge in [-0.3, -0.25) is 9.59 Å². The summed E-state index contributed by atoms with van der Waals surface area (Å²) in [7, 11) is 0. The highest BCUT2D eigenvalue weighted by atomic mass is 19.1. The molecule has 2 saturated heterocycles. The molecule has 0 aliphatic carbocycles. The third-order valence-electron chi connectivity index (χ3n) is 5.29. The van der Waals surface area contributed by atoms with Crippen LogP contribution in [0.3, 0.4) is 0 Å². The molecule has 0 saturated carbocycles. The fourth-order valence-corrected chi connectivity index (χ4v) is 4.04. The second-order valence-electron chi connectivity index (χ2n) is 6.72. The average molecular weight is 332 g/mol. The summed E-state index contributed by atoms with van der Waals surface area (Å²) in [6.45, 7) is 2.87. The number of rotatable bonds is 3. The van der Waals surface area contributed by atoms with E-state index in [1.54, 1.807) is 18.2 Å². The van der Waals surface area contributed by atoms with Gasteiger partial charge in [0.05, 0.1) is 12.1 Å². The van der Waals surface area contributed by atoms with Crippen molar-refractivity contribution in [2.45, 2.75) is 64.1 Å². The largest absolute Gasteiger partial charge is 0.338 e. The van der Waals surface area contributed by atoms with Gasteiger partial charge in [0.1, 0.15) is 5.82 Å². The molecule has 1 aromatic carbocycles. The van der Waals surface area contributed by atoms with Crippen molar-refractivity contribution in [3.8, 4) is 0 Å². The van der Waals surface area contributed by atoms with Gasteiger partial charge in [0.25, 0.3) is 0 Å². The van der Waals surface area contributed by atoms with E-state index in [1.807, 2.05) is 16.7 Å². The van der Waals surface area contributed by atoms with E-state index in [0.29, 0.717) is 31.5 Å². The van der Waals surface area contributed by atoms with Crippen LogP contribution in [-0.4, -0.2) is 40.2 Å². The highest BCUT2D eigenvalue weighted by Gasteiger charge is 2.41. The van der Waals surface area contributed by atoms with Crippen molar-refractivity contribution in [1.82, 2.24) is 9.80 Å². The van der Waals surface area contributed by atoms with Gasteiger partial charge in [-0.15, -0.1) is 0 Å². The number of halogens is 1. The minimum Gasteiger partial charge on any atom is -0.338 e. The molecule has 0 bridgehead atoms. The molecule has 0 spiro atoms. The van der Waals surface area contributed by atoms with Crippen LogP contribution in [-0.2, 0) is 16.1 Å². The fourth-order valence-electron chi connectivity index (χ4n) is 4.04. The monoisotopic (exact) mass is 332 g/mol. The van der Waals surface area contributed by atoms with Gasteiger partial charge in [0.2, 0.25) is 11.8 Å². The molecule has 24 heavy (non-hydrogen) atoms. The molecule has 0 N–H and O–H groups in total. The number of hydrogen-bond donors (Lipinski definition) is 0. The average Bonchev–Trinajstić information content (AvgIpc) is 2.98. The van der Waals surface area contributed by atoms with Gasteiger partial charge in [-0.25, -0.2) is 4.39 Å². The zero-order valence-corrected chi connectivity index (χ0v) is 14.2. The Hall–Kier alpha value is -1.91. The number of fused-ring (bicyclic) bond motifs is 1. The summed E-state index contributed by atoms with van der Waals surface area (Å²) in [5, 5.41) is 0. The summed E-state index contributed by atoms with van der Waals surface area (Å²) < 4.78 is 14.1. The Morgan fingerprint density at radius 3 is 2.75 bits per heavy atom. The van der Waals surface area contributed by atoms with E-state index >= 15 is 0 Å². The number of benzene rings is 1. The first-order valence-corrected chi connectivity index (χ1v) is 8.94. The predicted molar refractivity (Wildman–Crippen MR) is 89.6 cm³/mol. The number of likely N-dealkylation sites (tertiary alicyclic amines) is 2. The summed E-state index contributed by atoms with van der Waals surface area (Å²) in [5.74, 6) is -0.0384. The SMILES string of the molecule is CCC(=O)N1CC[C@H]2[C@H]1CCCCC(=O)N2Cc1ccccc1F. The predicted octanol–water partition coefficient (Wildman–Crippen LogP) is 3.11. The molecule has 2 aliphatic heterocycles. The van der Waals surface area contributed by atoms with Crippen LogP contribution in [0.25, 0.3) is 0 Å². The molecule has 5 heteroatoms. The molecule has 2 amide bonds. The van der Waals surface area contributed by atoms with Gasteiger partial charge in [-0.1, -0.05) is 31.5 Å². The normalized spacial score (nSPS) is 24.5. The Morgan fingerprint density at radius 1 is 1.21 bits per heavy atom. The highest BCUT2D eigenvalue weighted by molar-refractivity contribution is 5.78. The quantitative estimate of drug-likeness (QED) is 0.853. The standard InChI is InChI=1S/C19H25FN2O2/c1-2-18(23)21-12-11-17-16(21)9-5-6-10-19(24)22(17)13-14-7-3-4-8-15(14)20/h3-4,7-8,16-17H,2,5-6,9-13H2,1H3/t16-,17+/m1/s1. The van der Waals surface area contributed by atoms with E-state index in [0.717, 1.165) is 25.7 Å². The van der Waals surface area contributed by atoms with Crippen molar-refractivity contribution < 1.29 is 14.0 Å². The van der Waals surface area contributed by atoms with Gasteiger partial charge in [0.15, 0.2) is 0 Å².